The third-order valence-electron chi connectivity index (χ3n) is 6.94. The first-order chi connectivity index (χ1) is 18.2. The molecule has 3 aromatic heterocycles. The number of rotatable bonds is 6. The Labute approximate surface area is 219 Å². The third-order valence-corrected chi connectivity index (χ3v) is 8.68. The van der Waals surface area contributed by atoms with E-state index in [1.807, 2.05) is 12.1 Å². The Hall–Kier alpha value is -3.92. The molecule has 5 rings (SSSR count). The van der Waals surface area contributed by atoms with Crippen LogP contribution in [0.25, 0.3) is 33.8 Å². The monoisotopic (exact) mass is 561 g/mol. The van der Waals surface area contributed by atoms with Gasteiger partial charge >= 0.3 is 12.1 Å². The summed E-state index contributed by atoms with van der Waals surface area (Å²) in [6, 6.07) is 11.5. The minimum absolute atomic E-state index is 0.0282. The molecule has 0 N–H and O–H groups in total. The molecule has 0 saturated heterocycles. The van der Waals surface area contributed by atoms with Crippen LogP contribution in [0, 0.1) is 11.3 Å². The van der Waals surface area contributed by atoms with Gasteiger partial charge < -0.3 is 4.57 Å². The maximum Gasteiger partial charge on any atom is 0.458 e. The van der Waals surface area contributed by atoms with Crippen LogP contribution in [0.4, 0.5) is 22.0 Å². The number of imidazole rings is 1. The van der Waals surface area contributed by atoms with Crippen molar-refractivity contribution in [3.8, 4) is 28.7 Å². The van der Waals surface area contributed by atoms with Gasteiger partial charge in [0.1, 0.15) is 11.2 Å². The number of pyridine rings is 2. The predicted molar refractivity (Wildman–Crippen MR) is 131 cm³/mol. The summed E-state index contributed by atoms with van der Waals surface area (Å²) in [6.07, 6.45) is -2.43. The number of hydrogen-bond acceptors (Lipinski definition) is 6. The fraction of sp³-hybridized carbons (Fsp3) is 0.308. The minimum Gasteiger partial charge on any atom is -0.310 e. The van der Waals surface area contributed by atoms with Gasteiger partial charge in [0.2, 0.25) is 0 Å². The number of sulfone groups is 1. The van der Waals surface area contributed by atoms with E-state index < -0.39 is 32.9 Å². The van der Waals surface area contributed by atoms with Crippen molar-refractivity contribution in [2.24, 2.45) is 7.05 Å². The zero-order valence-electron chi connectivity index (χ0n) is 20.6. The number of nitrogens with zero attached hydrogens (tertiary/aromatic N) is 5. The van der Waals surface area contributed by atoms with E-state index in [2.05, 4.69) is 21.0 Å². The summed E-state index contributed by atoms with van der Waals surface area (Å²) in [7, 11) is -2.46. The lowest BCUT2D eigenvalue weighted by atomic mass is 9.95. The van der Waals surface area contributed by atoms with Gasteiger partial charge in [0, 0.05) is 25.0 Å². The number of alkyl halides is 5. The lowest BCUT2D eigenvalue weighted by Gasteiger charge is -2.19. The lowest BCUT2D eigenvalue weighted by Crippen LogP contribution is -2.33. The molecule has 1 aliphatic rings. The summed E-state index contributed by atoms with van der Waals surface area (Å²) in [5.74, 6) is -5.49. The second-order valence-electron chi connectivity index (χ2n) is 9.38. The van der Waals surface area contributed by atoms with Crippen molar-refractivity contribution in [3.63, 3.8) is 0 Å². The van der Waals surface area contributed by atoms with Crippen LogP contribution in [0.1, 0.15) is 30.9 Å². The molecule has 1 aliphatic carbocycles. The van der Waals surface area contributed by atoms with Crippen molar-refractivity contribution in [1.29, 1.82) is 5.26 Å². The van der Waals surface area contributed by atoms with E-state index in [4.69, 9.17) is 0 Å². The van der Waals surface area contributed by atoms with Crippen molar-refractivity contribution in [3.05, 3.63) is 59.9 Å². The zero-order valence-corrected chi connectivity index (χ0v) is 21.4. The molecule has 0 atom stereocenters. The van der Waals surface area contributed by atoms with Crippen LogP contribution in [0.5, 0.6) is 0 Å². The molecule has 0 amide bonds. The van der Waals surface area contributed by atoms with Gasteiger partial charge in [0.15, 0.2) is 21.3 Å². The molecule has 0 radical (unpaired) electrons. The lowest BCUT2D eigenvalue weighted by molar-refractivity contribution is -0.289. The van der Waals surface area contributed by atoms with Crippen molar-refractivity contribution in [2.75, 3.05) is 5.75 Å². The van der Waals surface area contributed by atoms with E-state index in [0.717, 1.165) is 18.4 Å². The molecular formula is C26H20F5N5O2S. The summed E-state index contributed by atoms with van der Waals surface area (Å²) >= 11 is 0. The highest BCUT2D eigenvalue weighted by atomic mass is 32.2. The fourth-order valence-corrected chi connectivity index (χ4v) is 5.41. The number of nitriles is 1. The van der Waals surface area contributed by atoms with Crippen LogP contribution in [0.3, 0.4) is 0 Å². The molecule has 1 saturated carbocycles. The Morgan fingerprint density at radius 3 is 2.26 bits per heavy atom. The molecule has 0 spiro atoms. The van der Waals surface area contributed by atoms with E-state index in [9.17, 15) is 35.6 Å². The quantitative estimate of drug-likeness (QED) is 0.280. The number of halogens is 5. The molecule has 1 fully saturated rings. The van der Waals surface area contributed by atoms with Crippen LogP contribution in [-0.4, -0.2) is 39.9 Å². The van der Waals surface area contributed by atoms with Crippen molar-refractivity contribution in [1.82, 2.24) is 19.5 Å². The third kappa shape index (κ3) is 4.32. The predicted octanol–water partition coefficient (Wildman–Crippen LogP) is 5.70. The highest BCUT2D eigenvalue weighted by molar-refractivity contribution is 7.91. The molecule has 39 heavy (non-hydrogen) atoms. The molecule has 0 unspecified atom stereocenters. The Bertz CT molecular complexity index is 1750. The van der Waals surface area contributed by atoms with Gasteiger partial charge in [-0.3, -0.25) is 4.98 Å². The van der Waals surface area contributed by atoms with Crippen molar-refractivity contribution in [2.45, 2.75) is 42.2 Å². The highest BCUT2D eigenvalue weighted by Crippen LogP contribution is 2.48. The molecule has 7 nitrogen and oxygen atoms in total. The van der Waals surface area contributed by atoms with E-state index >= 15 is 0 Å². The average Bonchev–Trinajstić information content (AvgIpc) is 3.65. The van der Waals surface area contributed by atoms with Crippen molar-refractivity contribution >= 4 is 21.0 Å². The average molecular weight is 562 g/mol. The van der Waals surface area contributed by atoms with E-state index in [1.165, 1.54) is 30.8 Å². The van der Waals surface area contributed by atoms with Gasteiger partial charge in [0.25, 0.3) is 0 Å². The first-order valence-electron chi connectivity index (χ1n) is 11.8. The molecule has 13 heteroatoms. The molecule has 4 aromatic rings. The van der Waals surface area contributed by atoms with Crippen LogP contribution < -0.4 is 0 Å². The van der Waals surface area contributed by atoms with Gasteiger partial charge in [-0.15, -0.1) is 0 Å². The molecule has 0 aliphatic heterocycles. The standard InChI is InChI=1S/C26H20F5N5O2S/c1-3-39(37,38)20-10-16(15-4-6-17(7-5-15)24(14-32)8-9-24)12-33-21(20)23-35-19-11-18(13-34-22(19)36(23)2)25(27,28)26(29,30)31/h4-7,10-13H,3,8-9H2,1-2H3. The maximum atomic E-state index is 13.9. The number of aromatic nitrogens is 4. The Kier molecular flexibility index (Phi) is 6.02. The van der Waals surface area contributed by atoms with Gasteiger partial charge in [-0.2, -0.15) is 27.2 Å². The zero-order chi connectivity index (χ0) is 28.4. The van der Waals surface area contributed by atoms with E-state index in [-0.39, 0.29) is 33.3 Å². The van der Waals surface area contributed by atoms with Crippen molar-refractivity contribution < 1.29 is 30.4 Å². The smallest absolute Gasteiger partial charge is 0.310 e. The summed E-state index contributed by atoms with van der Waals surface area (Å²) in [6.45, 7) is 1.44. The van der Waals surface area contributed by atoms with E-state index in [0.29, 0.717) is 23.4 Å². The Morgan fingerprint density at radius 1 is 1.03 bits per heavy atom. The molecular weight excluding hydrogens is 541 g/mol. The van der Waals surface area contributed by atoms with Gasteiger partial charge in [-0.05, 0) is 36.1 Å². The largest absolute Gasteiger partial charge is 0.458 e. The number of benzene rings is 1. The fourth-order valence-electron chi connectivity index (χ4n) is 4.36. The minimum atomic E-state index is -5.83. The molecule has 1 aromatic carbocycles. The van der Waals surface area contributed by atoms with Crippen LogP contribution >= 0.6 is 0 Å². The second kappa shape index (κ2) is 8.81. The maximum absolute atomic E-state index is 13.9. The Balaban J connectivity index is 1.62. The summed E-state index contributed by atoms with van der Waals surface area (Å²) in [5.41, 5.74) is -0.250. The van der Waals surface area contributed by atoms with Gasteiger partial charge in [-0.1, -0.05) is 31.2 Å². The summed E-state index contributed by atoms with van der Waals surface area (Å²) < 4.78 is 93.9. The van der Waals surface area contributed by atoms with Gasteiger partial charge in [-0.25, -0.2) is 18.4 Å². The second-order valence-corrected chi connectivity index (χ2v) is 11.6. The molecule has 202 valence electrons. The summed E-state index contributed by atoms with van der Waals surface area (Å²) in [4.78, 5) is 12.0. The SMILES string of the molecule is CCS(=O)(=O)c1cc(-c2ccc(C3(C#N)CC3)cc2)cnc1-c1nc2cc(C(F)(F)C(F)(F)F)cnc2n1C. The highest BCUT2D eigenvalue weighted by Gasteiger charge is 2.59. The first-order valence-corrected chi connectivity index (χ1v) is 13.4. The number of aryl methyl sites for hydroxylation is 1. The molecule has 3 heterocycles. The molecule has 0 bridgehead atoms. The number of hydrogen-bond donors (Lipinski definition) is 0. The van der Waals surface area contributed by atoms with Crippen LogP contribution in [0.15, 0.2) is 53.7 Å². The number of fused-ring (bicyclic) bond motifs is 1. The first kappa shape index (κ1) is 26.7. The van der Waals surface area contributed by atoms with Crippen LogP contribution in [0.2, 0.25) is 0 Å². The van der Waals surface area contributed by atoms with Gasteiger partial charge in [0.05, 0.1) is 27.7 Å². The normalized spacial score (nSPS) is 15.3. The van der Waals surface area contributed by atoms with Crippen LogP contribution in [-0.2, 0) is 28.2 Å². The van der Waals surface area contributed by atoms with E-state index in [1.54, 1.807) is 12.1 Å². The summed E-state index contributed by atoms with van der Waals surface area (Å²) in [5, 5.41) is 9.43. The topological polar surface area (TPSA) is 102 Å². The Morgan fingerprint density at radius 2 is 1.69 bits per heavy atom.